The third-order valence-electron chi connectivity index (χ3n) is 7.38. The highest BCUT2D eigenvalue weighted by Crippen LogP contribution is 2.44. The highest BCUT2D eigenvalue weighted by atomic mass is 16.5. The van der Waals surface area contributed by atoms with Gasteiger partial charge < -0.3 is 20.1 Å². The average Bonchev–Trinajstić information content (AvgIpc) is 3.44. The van der Waals surface area contributed by atoms with Crippen LogP contribution in [0.4, 0.5) is 4.79 Å². The lowest BCUT2D eigenvalue weighted by atomic mass is 9.90. The van der Waals surface area contributed by atoms with E-state index in [2.05, 4.69) is 29.6 Å². The Kier molecular flexibility index (Phi) is 6.57. The lowest BCUT2D eigenvalue weighted by molar-refractivity contribution is -0.139. The second-order valence-electron chi connectivity index (χ2n) is 9.71. The Morgan fingerprint density at radius 1 is 1.03 bits per heavy atom. The highest BCUT2D eigenvalue weighted by Gasteiger charge is 2.34. The standard InChI is InChI=1S/C28H30N2O5/c31-26(32)14-18-12-13-30(16-18)27(33)19-6-5-7-20(15-19)29-28(34)35-17-25-23-10-3-1-8-21(23)22-9-2-4-11-24(22)25/h1-5,7-11,18-20,25H,6,12-17H2,(H,29,34)(H,31,32). The second-order valence-corrected chi connectivity index (χ2v) is 9.71. The molecule has 35 heavy (non-hydrogen) atoms. The zero-order valence-corrected chi connectivity index (χ0v) is 19.6. The van der Waals surface area contributed by atoms with Crippen molar-refractivity contribution in [3.05, 3.63) is 71.8 Å². The number of likely N-dealkylation sites (tertiary alicyclic amines) is 1. The molecule has 7 heteroatoms. The summed E-state index contributed by atoms with van der Waals surface area (Å²) in [6.07, 6.45) is 5.33. The Bertz CT molecular complexity index is 1110. The number of ether oxygens (including phenoxy) is 1. The second kappa shape index (κ2) is 9.94. The number of allylic oxidation sites excluding steroid dienone is 1. The number of carboxylic acids is 1. The highest BCUT2D eigenvalue weighted by molar-refractivity contribution is 5.80. The first-order chi connectivity index (χ1) is 17.0. The van der Waals surface area contributed by atoms with Crippen LogP contribution in [0.5, 0.6) is 0 Å². The molecular formula is C28H30N2O5. The molecule has 2 aromatic rings. The fourth-order valence-electron chi connectivity index (χ4n) is 5.69. The number of rotatable bonds is 6. The summed E-state index contributed by atoms with van der Waals surface area (Å²) in [6.45, 7) is 1.34. The Labute approximate surface area is 204 Å². The molecule has 3 atom stereocenters. The summed E-state index contributed by atoms with van der Waals surface area (Å²) >= 11 is 0. The van der Waals surface area contributed by atoms with Gasteiger partial charge in [0.2, 0.25) is 5.91 Å². The van der Waals surface area contributed by atoms with E-state index in [4.69, 9.17) is 9.84 Å². The van der Waals surface area contributed by atoms with Crippen molar-refractivity contribution in [3.63, 3.8) is 0 Å². The number of carbonyl (C=O) groups is 3. The van der Waals surface area contributed by atoms with Gasteiger partial charge in [-0.1, -0.05) is 60.7 Å². The van der Waals surface area contributed by atoms with Crippen molar-refractivity contribution in [1.82, 2.24) is 10.2 Å². The Morgan fingerprint density at radius 3 is 2.40 bits per heavy atom. The van der Waals surface area contributed by atoms with E-state index in [-0.39, 0.29) is 42.7 Å². The van der Waals surface area contributed by atoms with Gasteiger partial charge in [0.15, 0.2) is 0 Å². The van der Waals surface area contributed by atoms with Crippen molar-refractivity contribution in [1.29, 1.82) is 0 Å². The van der Waals surface area contributed by atoms with Gasteiger partial charge in [-0.25, -0.2) is 4.79 Å². The third-order valence-corrected chi connectivity index (χ3v) is 7.38. The summed E-state index contributed by atoms with van der Waals surface area (Å²) in [5, 5.41) is 11.9. The first-order valence-corrected chi connectivity index (χ1v) is 12.3. The fourth-order valence-corrected chi connectivity index (χ4v) is 5.69. The van der Waals surface area contributed by atoms with E-state index in [0.29, 0.717) is 25.9 Å². The maximum absolute atomic E-state index is 13.0. The molecule has 1 fully saturated rings. The van der Waals surface area contributed by atoms with Gasteiger partial charge in [-0.05, 0) is 47.4 Å². The smallest absolute Gasteiger partial charge is 0.407 e. The number of alkyl carbamates (subject to hydrolysis) is 1. The zero-order valence-electron chi connectivity index (χ0n) is 19.6. The van der Waals surface area contributed by atoms with Crippen LogP contribution in [0.2, 0.25) is 0 Å². The van der Waals surface area contributed by atoms with Gasteiger partial charge in [0.05, 0.1) is 6.04 Å². The van der Waals surface area contributed by atoms with Crippen molar-refractivity contribution >= 4 is 18.0 Å². The largest absolute Gasteiger partial charge is 0.481 e. The molecule has 2 aromatic carbocycles. The summed E-state index contributed by atoms with van der Waals surface area (Å²) in [5.41, 5.74) is 4.69. The predicted octanol–water partition coefficient (Wildman–Crippen LogP) is 4.18. The molecule has 1 heterocycles. The molecule has 0 spiro atoms. The summed E-state index contributed by atoms with van der Waals surface area (Å²) < 4.78 is 5.65. The van der Waals surface area contributed by atoms with Gasteiger partial charge in [0, 0.05) is 31.3 Å². The molecule has 1 saturated heterocycles. The number of amides is 2. The molecule has 2 aliphatic carbocycles. The molecule has 2 amide bonds. The molecule has 3 unspecified atom stereocenters. The summed E-state index contributed by atoms with van der Waals surface area (Å²) in [7, 11) is 0. The van der Waals surface area contributed by atoms with Crippen molar-refractivity contribution in [3.8, 4) is 11.1 Å². The van der Waals surface area contributed by atoms with Crippen LogP contribution < -0.4 is 5.32 Å². The summed E-state index contributed by atoms with van der Waals surface area (Å²) in [6, 6.07) is 16.1. The topological polar surface area (TPSA) is 95.9 Å². The number of hydrogen-bond acceptors (Lipinski definition) is 4. The Balaban J connectivity index is 1.15. The van der Waals surface area contributed by atoms with Crippen LogP contribution in [-0.2, 0) is 14.3 Å². The van der Waals surface area contributed by atoms with Gasteiger partial charge in [0.1, 0.15) is 6.61 Å². The number of carboxylic acid groups (broad SMARTS) is 1. The molecule has 1 aliphatic heterocycles. The summed E-state index contributed by atoms with van der Waals surface area (Å²) in [5.74, 6) is -0.982. The van der Waals surface area contributed by atoms with Crippen molar-refractivity contribution < 1.29 is 24.2 Å². The minimum absolute atomic E-state index is 0.00158. The van der Waals surface area contributed by atoms with E-state index in [9.17, 15) is 14.4 Å². The van der Waals surface area contributed by atoms with E-state index >= 15 is 0 Å². The molecule has 5 rings (SSSR count). The molecule has 7 nitrogen and oxygen atoms in total. The van der Waals surface area contributed by atoms with Crippen LogP contribution in [0.1, 0.15) is 42.7 Å². The van der Waals surface area contributed by atoms with E-state index in [0.717, 1.165) is 17.5 Å². The minimum atomic E-state index is -0.822. The number of fused-ring (bicyclic) bond motifs is 3. The number of nitrogens with zero attached hydrogens (tertiary/aromatic N) is 1. The molecule has 0 radical (unpaired) electrons. The van der Waals surface area contributed by atoms with Gasteiger partial charge in [-0.2, -0.15) is 0 Å². The molecule has 0 aromatic heterocycles. The van der Waals surface area contributed by atoms with Crippen molar-refractivity contribution in [2.75, 3.05) is 19.7 Å². The van der Waals surface area contributed by atoms with Gasteiger partial charge in [-0.15, -0.1) is 0 Å². The van der Waals surface area contributed by atoms with Crippen LogP contribution in [0.25, 0.3) is 11.1 Å². The Morgan fingerprint density at radius 2 is 1.71 bits per heavy atom. The normalized spacial score (nSPS) is 23.0. The molecule has 0 bridgehead atoms. The number of aliphatic carboxylic acids is 1. The van der Waals surface area contributed by atoms with Gasteiger partial charge >= 0.3 is 12.1 Å². The Hall–Kier alpha value is -3.61. The molecule has 2 N–H and O–H groups in total. The van der Waals surface area contributed by atoms with E-state index in [1.54, 1.807) is 4.90 Å². The number of carbonyl (C=O) groups excluding carboxylic acids is 2. The van der Waals surface area contributed by atoms with Crippen LogP contribution in [-0.4, -0.2) is 53.7 Å². The van der Waals surface area contributed by atoms with Crippen LogP contribution in [0.3, 0.4) is 0 Å². The van der Waals surface area contributed by atoms with Crippen LogP contribution >= 0.6 is 0 Å². The van der Waals surface area contributed by atoms with E-state index in [1.165, 1.54) is 11.1 Å². The molecular weight excluding hydrogens is 444 g/mol. The molecule has 3 aliphatic rings. The SMILES string of the molecule is O=C(O)CC1CCN(C(=O)C2CC=CC(NC(=O)OCC3c4ccccc4-c4ccccc43)C2)C1. The van der Waals surface area contributed by atoms with E-state index < -0.39 is 12.1 Å². The third kappa shape index (κ3) is 4.94. The first-order valence-electron chi connectivity index (χ1n) is 12.3. The van der Waals surface area contributed by atoms with Gasteiger partial charge in [0.25, 0.3) is 0 Å². The first kappa shape index (κ1) is 23.1. The lowest BCUT2D eigenvalue weighted by Crippen LogP contribution is -2.42. The fraction of sp³-hybridized carbons (Fsp3) is 0.393. The molecule has 182 valence electrons. The van der Waals surface area contributed by atoms with Crippen LogP contribution in [0, 0.1) is 11.8 Å². The van der Waals surface area contributed by atoms with E-state index in [1.807, 2.05) is 36.4 Å². The minimum Gasteiger partial charge on any atom is -0.481 e. The monoisotopic (exact) mass is 474 g/mol. The number of hydrogen-bond donors (Lipinski definition) is 2. The maximum Gasteiger partial charge on any atom is 0.407 e. The number of nitrogens with one attached hydrogen (secondary N) is 1. The van der Waals surface area contributed by atoms with Gasteiger partial charge in [-0.3, -0.25) is 9.59 Å². The average molecular weight is 475 g/mol. The maximum atomic E-state index is 13.0. The van der Waals surface area contributed by atoms with Crippen molar-refractivity contribution in [2.45, 2.75) is 37.6 Å². The zero-order chi connectivity index (χ0) is 24.4. The quantitative estimate of drug-likeness (QED) is 0.613. The lowest BCUT2D eigenvalue weighted by Gasteiger charge is -2.28. The summed E-state index contributed by atoms with van der Waals surface area (Å²) in [4.78, 5) is 38.4. The van der Waals surface area contributed by atoms with Crippen LogP contribution in [0.15, 0.2) is 60.7 Å². The molecule has 0 saturated carbocycles. The number of benzene rings is 2. The van der Waals surface area contributed by atoms with Crippen molar-refractivity contribution in [2.24, 2.45) is 11.8 Å². The predicted molar refractivity (Wildman–Crippen MR) is 131 cm³/mol.